The summed E-state index contributed by atoms with van der Waals surface area (Å²) in [6.07, 6.45) is 4.49. The lowest BCUT2D eigenvalue weighted by molar-refractivity contribution is -0.118. The quantitative estimate of drug-likeness (QED) is 0.742. The molecule has 124 valence electrons. The second-order valence-corrected chi connectivity index (χ2v) is 7.67. The van der Waals surface area contributed by atoms with E-state index in [2.05, 4.69) is 45.4 Å². The van der Waals surface area contributed by atoms with Crippen LogP contribution in [-0.4, -0.2) is 32.5 Å². The summed E-state index contributed by atoms with van der Waals surface area (Å²) in [5.41, 5.74) is 1.13. The van der Waals surface area contributed by atoms with Crippen LogP contribution in [0.2, 0.25) is 0 Å². The number of carbonyl (C=O) groups is 1. The highest BCUT2D eigenvalue weighted by Gasteiger charge is 2.23. The van der Waals surface area contributed by atoms with Crippen molar-refractivity contribution in [1.82, 2.24) is 20.1 Å². The average Bonchev–Trinajstić information content (AvgIpc) is 3.08. The van der Waals surface area contributed by atoms with Crippen LogP contribution in [0.25, 0.3) is 11.4 Å². The Hall–Kier alpha value is -1.34. The van der Waals surface area contributed by atoms with E-state index < -0.39 is 0 Å². The second-order valence-electron chi connectivity index (χ2n) is 5.73. The topological polar surface area (TPSA) is 59.8 Å². The van der Waals surface area contributed by atoms with Gasteiger partial charge in [0.15, 0.2) is 11.0 Å². The van der Waals surface area contributed by atoms with Gasteiger partial charge in [0, 0.05) is 28.4 Å². The predicted molar refractivity (Wildman–Crippen MR) is 94.9 cm³/mol. The summed E-state index contributed by atoms with van der Waals surface area (Å²) < 4.78 is 2.09. The molecule has 1 aliphatic carbocycles. The van der Waals surface area contributed by atoms with Crippen LogP contribution in [0.15, 0.2) is 16.6 Å². The molecule has 2 aromatic rings. The van der Waals surface area contributed by atoms with Crippen molar-refractivity contribution in [3.8, 4) is 11.4 Å². The highest BCUT2D eigenvalue weighted by atomic mass is 32.2. The van der Waals surface area contributed by atoms with Crippen molar-refractivity contribution in [2.45, 2.75) is 57.3 Å². The fourth-order valence-corrected chi connectivity index (χ4v) is 4.18. The second kappa shape index (κ2) is 7.49. The largest absolute Gasteiger partial charge is 0.353 e. The SMILES string of the molecule is CCCc1cc(-c2nnc(SCC(=O)NC3CC3)n2CC)cs1. The zero-order valence-corrected chi connectivity index (χ0v) is 15.2. The van der Waals surface area contributed by atoms with E-state index in [0.717, 1.165) is 48.8 Å². The van der Waals surface area contributed by atoms with Gasteiger partial charge in [-0.1, -0.05) is 25.1 Å². The number of rotatable bonds is 8. The zero-order valence-electron chi connectivity index (χ0n) is 13.5. The molecule has 1 amide bonds. The van der Waals surface area contributed by atoms with Gasteiger partial charge in [0.05, 0.1) is 5.75 Å². The monoisotopic (exact) mass is 350 g/mol. The average molecular weight is 351 g/mol. The molecular formula is C16H22N4OS2. The third kappa shape index (κ3) is 4.14. The van der Waals surface area contributed by atoms with E-state index in [1.165, 1.54) is 16.6 Å². The predicted octanol–water partition coefficient (Wildman–Crippen LogP) is 3.35. The minimum Gasteiger partial charge on any atom is -0.353 e. The first-order chi connectivity index (χ1) is 11.2. The maximum absolute atomic E-state index is 11.8. The molecule has 1 N–H and O–H groups in total. The Bertz CT molecular complexity index is 675. The fraction of sp³-hybridized carbons (Fsp3) is 0.562. The number of aryl methyl sites for hydroxylation is 1. The molecule has 23 heavy (non-hydrogen) atoms. The van der Waals surface area contributed by atoms with E-state index in [1.54, 1.807) is 11.3 Å². The van der Waals surface area contributed by atoms with Gasteiger partial charge >= 0.3 is 0 Å². The van der Waals surface area contributed by atoms with Crippen molar-refractivity contribution in [3.05, 3.63) is 16.3 Å². The number of amides is 1. The van der Waals surface area contributed by atoms with E-state index in [9.17, 15) is 4.79 Å². The smallest absolute Gasteiger partial charge is 0.230 e. The minimum atomic E-state index is 0.0884. The Balaban J connectivity index is 1.69. The molecule has 0 aromatic carbocycles. The van der Waals surface area contributed by atoms with Crippen LogP contribution < -0.4 is 5.32 Å². The molecule has 3 rings (SSSR count). The van der Waals surface area contributed by atoms with Crippen molar-refractivity contribution in [2.24, 2.45) is 0 Å². The van der Waals surface area contributed by atoms with Gasteiger partial charge in [-0.15, -0.1) is 21.5 Å². The van der Waals surface area contributed by atoms with E-state index in [0.29, 0.717) is 11.8 Å². The molecule has 0 radical (unpaired) electrons. The van der Waals surface area contributed by atoms with E-state index >= 15 is 0 Å². The van der Waals surface area contributed by atoms with E-state index in [4.69, 9.17) is 0 Å². The van der Waals surface area contributed by atoms with Gasteiger partial charge in [-0.25, -0.2) is 0 Å². The lowest BCUT2D eigenvalue weighted by Gasteiger charge is -2.06. The third-order valence-corrected chi connectivity index (χ3v) is 5.68. The minimum absolute atomic E-state index is 0.0884. The summed E-state index contributed by atoms with van der Waals surface area (Å²) in [4.78, 5) is 13.2. The molecule has 1 saturated carbocycles. The van der Waals surface area contributed by atoms with Crippen LogP contribution in [0, 0.1) is 0 Å². The highest BCUT2D eigenvalue weighted by molar-refractivity contribution is 7.99. The van der Waals surface area contributed by atoms with Gasteiger partial charge in [0.1, 0.15) is 0 Å². The van der Waals surface area contributed by atoms with E-state index in [-0.39, 0.29) is 5.91 Å². The summed E-state index contributed by atoms with van der Waals surface area (Å²) in [6.45, 7) is 5.07. The first-order valence-electron chi connectivity index (χ1n) is 8.14. The first kappa shape index (κ1) is 16.5. The Labute approximate surface area is 144 Å². The highest BCUT2D eigenvalue weighted by Crippen LogP contribution is 2.28. The standard InChI is InChI=1S/C16H22N4OS2/c1-3-5-13-8-11(9-22-13)15-18-19-16(20(15)4-2)23-10-14(21)17-12-6-7-12/h8-9,12H,3-7,10H2,1-2H3,(H,17,21). The van der Waals surface area contributed by atoms with Gasteiger partial charge in [-0.3, -0.25) is 4.79 Å². The van der Waals surface area contributed by atoms with E-state index in [1.807, 2.05) is 0 Å². The Morgan fingerprint density at radius 3 is 2.96 bits per heavy atom. The number of nitrogens with zero attached hydrogens (tertiary/aromatic N) is 3. The molecule has 0 unspecified atom stereocenters. The molecule has 0 atom stereocenters. The van der Waals surface area contributed by atoms with Gasteiger partial charge in [0.25, 0.3) is 0 Å². The number of nitrogens with one attached hydrogen (secondary N) is 1. The first-order valence-corrected chi connectivity index (χ1v) is 10.0. The number of hydrogen-bond donors (Lipinski definition) is 1. The molecule has 2 aromatic heterocycles. The molecular weight excluding hydrogens is 328 g/mol. The molecule has 5 nitrogen and oxygen atoms in total. The molecule has 1 fully saturated rings. The molecule has 0 saturated heterocycles. The van der Waals surface area contributed by atoms with Crippen molar-refractivity contribution in [3.63, 3.8) is 0 Å². The summed E-state index contributed by atoms with van der Waals surface area (Å²) in [6, 6.07) is 2.61. The van der Waals surface area contributed by atoms with Crippen molar-refractivity contribution in [1.29, 1.82) is 0 Å². The molecule has 2 heterocycles. The van der Waals surface area contributed by atoms with Crippen LogP contribution in [-0.2, 0) is 17.8 Å². The normalized spacial score (nSPS) is 14.2. The summed E-state index contributed by atoms with van der Waals surface area (Å²) in [5.74, 6) is 1.39. The maximum atomic E-state index is 11.8. The van der Waals surface area contributed by atoms with Gasteiger partial charge in [-0.05, 0) is 32.3 Å². The van der Waals surface area contributed by atoms with Gasteiger partial charge in [0.2, 0.25) is 5.91 Å². The van der Waals surface area contributed by atoms with Gasteiger partial charge < -0.3 is 9.88 Å². The van der Waals surface area contributed by atoms with Crippen molar-refractivity contribution < 1.29 is 4.79 Å². The lowest BCUT2D eigenvalue weighted by atomic mass is 10.2. The number of carbonyl (C=O) groups excluding carboxylic acids is 1. The summed E-state index contributed by atoms with van der Waals surface area (Å²) in [5, 5.41) is 14.6. The van der Waals surface area contributed by atoms with Crippen LogP contribution in [0.5, 0.6) is 0 Å². The van der Waals surface area contributed by atoms with Crippen LogP contribution in [0.4, 0.5) is 0 Å². The molecule has 7 heteroatoms. The number of thioether (sulfide) groups is 1. The lowest BCUT2D eigenvalue weighted by Crippen LogP contribution is -2.27. The molecule has 0 spiro atoms. The number of hydrogen-bond acceptors (Lipinski definition) is 5. The van der Waals surface area contributed by atoms with Crippen molar-refractivity contribution >= 4 is 29.0 Å². The maximum Gasteiger partial charge on any atom is 0.230 e. The fourth-order valence-electron chi connectivity index (χ4n) is 2.40. The molecule has 1 aliphatic rings. The zero-order chi connectivity index (χ0) is 16.2. The Kier molecular flexibility index (Phi) is 5.38. The van der Waals surface area contributed by atoms with Crippen LogP contribution in [0.3, 0.4) is 0 Å². The summed E-state index contributed by atoms with van der Waals surface area (Å²) in [7, 11) is 0. The third-order valence-electron chi connectivity index (χ3n) is 3.72. The van der Waals surface area contributed by atoms with Crippen molar-refractivity contribution in [2.75, 3.05) is 5.75 Å². The Morgan fingerprint density at radius 1 is 1.43 bits per heavy atom. The Morgan fingerprint density at radius 2 is 2.26 bits per heavy atom. The summed E-state index contributed by atoms with van der Waals surface area (Å²) >= 11 is 3.24. The number of thiophene rings is 1. The molecule has 0 aliphatic heterocycles. The van der Waals surface area contributed by atoms with Crippen LogP contribution in [0.1, 0.15) is 38.0 Å². The number of aromatic nitrogens is 3. The molecule has 0 bridgehead atoms. The van der Waals surface area contributed by atoms with Crippen LogP contribution >= 0.6 is 23.1 Å². The van der Waals surface area contributed by atoms with Gasteiger partial charge in [-0.2, -0.15) is 0 Å².